The second kappa shape index (κ2) is 4.62. The highest BCUT2D eigenvalue weighted by molar-refractivity contribution is 5.97. The van der Waals surface area contributed by atoms with Gasteiger partial charge in [-0.15, -0.1) is 0 Å². The highest BCUT2D eigenvalue weighted by atomic mass is 16.5. The summed E-state index contributed by atoms with van der Waals surface area (Å²) in [4.78, 5) is 18.2. The quantitative estimate of drug-likeness (QED) is 0.876. The smallest absolute Gasteiger partial charge is 0.257 e. The molecule has 0 radical (unpaired) electrons. The third-order valence-corrected chi connectivity index (χ3v) is 3.61. The summed E-state index contributed by atoms with van der Waals surface area (Å²) in [5.74, 6) is -0.0912. The van der Waals surface area contributed by atoms with Gasteiger partial charge >= 0.3 is 0 Å². The average molecular weight is 261 g/mol. The number of amides is 1. The van der Waals surface area contributed by atoms with Crippen LogP contribution >= 0.6 is 0 Å². The lowest BCUT2D eigenvalue weighted by atomic mass is 10.1. The molecular formula is C13H15N3O3. The van der Waals surface area contributed by atoms with E-state index in [4.69, 9.17) is 4.52 Å². The molecule has 3 heterocycles. The lowest BCUT2D eigenvalue weighted by Crippen LogP contribution is -2.37. The summed E-state index contributed by atoms with van der Waals surface area (Å²) in [5, 5.41) is 13.9. The van der Waals surface area contributed by atoms with Crippen molar-refractivity contribution in [2.24, 2.45) is 0 Å². The molecule has 0 aromatic carbocycles. The van der Waals surface area contributed by atoms with Gasteiger partial charge in [-0.3, -0.25) is 4.79 Å². The molecule has 0 bridgehead atoms. The number of hydrogen-bond donors (Lipinski definition) is 1. The molecule has 2 aromatic rings. The summed E-state index contributed by atoms with van der Waals surface area (Å²) in [7, 11) is 0. The van der Waals surface area contributed by atoms with Gasteiger partial charge in [0.05, 0.1) is 29.3 Å². The standard InChI is InChI=1S/C13H15N3O3/c1-8-11-5-9(6-14-12(11)19-15-8)13(18)16-4-2-3-10(16)7-17/h5-6,10,17H,2-4,7H2,1H3/t10-/m1/s1. The van der Waals surface area contributed by atoms with E-state index in [2.05, 4.69) is 10.1 Å². The van der Waals surface area contributed by atoms with Gasteiger partial charge in [0.25, 0.3) is 11.6 Å². The summed E-state index contributed by atoms with van der Waals surface area (Å²) in [6.45, 7) is 2.51. The minimum absolute atomic E-state index is 0.00765. The van der Waals surface area contributed by atoms with Crippen molar-refractivity contribution < 1.29 is 14.4 Å². The van der Waals surface area contributed by atoms with Crippen LogP contribution in [0.3, 0.4) is 0 Å². The van der Waals surface area contributed by atoms with Crippen LogP contribution in [0, 0.1) is 6.92 Å². The molecule has 1 N–H and O–H groups in total. The van der Waals surface area contributed by atoms with Crippen LogP contribution in [-0.4, -0.2) is 45.2 Å². The van der Waals surface area contributed by atoms with E-state index in [-0.39, 0.29) is 18.6 Å². The predicted molar refractivity (Wildman–Crippen MR) is 67.7 cm³/mol. The normalized spacial score (nSPS) is 19.3. The third-order valence-electron chi connectivity index (χ3n) is 3.61. The number of rotatable bonds is 2. The predicted octanol–water partition coefficient (Wildman–Crippen LogP) is 1.13. The van der Waals surface area contributed by atoms with Gasteiger partial charge in [-0.1, -0.05) is 5.16 Å². The summed E-state index contributed by atoms with van der Waals surface area (Å²) in [6.07, 6.45) is 3.28. The maximum Gasteiger partial charge on any atom is 0.257 e. The molecule has 0 saturated carbocycles. The Hall–Kier alpha value is -1.95. The second-order valence-electron chi connectivity index (χ2n) is 4.82. The lowest BCUT2D eigenvalue weighted by molar-refractivity contribution is 0.0677. The van der Waals surface area contributed by atoms with Crippen molar-refractivity contribution in [2.45, 2.75) is 25.8 Å². The first-order valence-electron chi connectivity index (χ1n) is 6.34. The molecular weight excluding hydrogens is 246 g/mol. The molecule has 100 valence electrons. The number of hydrogen-bond acceptors (Lipinski definition) is 5. The fourth-order valence-corrected chi connectivity index (χ4v) is 2.52. The third kappa shape index (κ3) is 1.98. The van der Waals surface area contributed by atoms with Crippen molar-refractivity contribution in [3.8, 4) is 0 Å². The minimum atomic E-state index is -0.0912. The van der Waals surface area contributed by atoms with Crippen molar-refractivity contribution in [1.29, 1.82) is 0 Å². The topological polar surface area (TPSA) is 79.5 Å². The number of aliphatic hydroxyl groups excluding tert-OH is 1. The van der Waals surface area contributed by atoms with E-state index >= 15 is 0 Å². The Kier molecular flexibility index (Phi) is 2.94. The van der Waals surface area contributed by atoms with Gasteiger partial charge in [-0.05, 0) is 25.8 Å². The van der Waals surface area contributed by atoms with Crippen LogP contribution in [0.15, 0.2) is 16.8 Å². The molecule has 1 atom stereocenters. The van der Waals surface area contributed by atoms with Gasteiger partial charge in [-0.25, -0.2) is 4.98 Å². The van der Waals surface area contributed by atoms with Gasteiger partial charge in [0, 0.05) is 12.7 Å². The van der Waals surface area contributed by atoms with Crippen LogP contribution in [0.4, 0.5) is 0 Å². The van der Waals surface area contributed by atoms with Crippen molar-refractivity contribution >= 4 is 17.0 Å². The highest BCUT2D eigenvalue weighted by Crippen LogP contribution is 2.22. The number of carbonyl (C=O) groups is 1. The molecule has 6 nitrogen and oxygen atoms in total. The molecule has 1 aliphatic rings. The second-order valence-corrected chi connectivity index (χ2v) is 4.82. The molecule has 1 amide bonds. The van der Waals surface area contributed by atoms with Crippen LogP contribution < -0.4 is 0 Å². The maximum absolute atomic E-state index is 12.4. The summed E-state index contributed by atoms with van der Waals surface area (Å²) >= 11 is 0. The van der Waals surface area contributed by atoms with E-state index in [0.29, 0.717) is 17.8 Å². The van der Waals surface area contributed by atoms with Gasteiger partial charge in [0.2, 0.25) is 0 Å². The zero-order valence-electron chi connectivity index (χ0n) is 10.7. The summed E-state index contributed by atoms with van der Waals surface area (Å²) in [6, 6.07) is 1.68. The molecule has 0 aliphatic carbocycles. The zero-order valence-corrected chi connectivity index (χ0v) is 10.7. The van der Waals surface area contributed by atoms with E-state index in [1.807, 2.05) is 6.92 Å². The van der Waals surface area contributed by atoms with Crippen molar-refractivity contribution in [3.63, 3.8) is 0 Å². The molecule has 0 unspecified atom stereocenters. The molecule has 1 saturated heterocycles. The van der Waals surface area contributed by atoms with E-state index < -0.39 is 0 Å². The average Bonchev–Trinajstić information content (AvgIpc) is 3.04. The van der Waals surface area contributed by atoms with Crippen LogP contribution in [0.25, 0.3) is 11.1 Å². The number of fused-ring (bicyclic) bond motifs is 1. The maximum atomic E-state index is 12.4. The van der Waals surface area contributed by atoms with Crippen LogP contribution in [0.1, 0.15) is 28.9 Å². The first-order chi connectivity index (χ1) is 9.20. The van der Waals surface area contributed by atoms with Gasteiger partial charge in [-0.2, -0.15) is 0 Å². The lowest BCUT2D eigenvalue weighted by Gasteiger charge is -2.22. The fraction of sp³-hybridized carbons (Fsp3) is 0.462. The number of carbonyl (C=O) groups excluding carboxylic acids is 1. The number of nitrogens with zero attached hydrogens (tertiary/aromatic N) is 3. The Morgan fingerprint density at radius 1 is 1.63 bits per heavy atom. The van der Waals surface area contributed by atoms with Gasteiger partial charge in [0.15, 0.2) is 0 Å². The Morgan fingerprint density at radius 3 is 3.26 bits per heavy atom. The SMILES string of the molecule is Cc1noc2ncc(C(=O)N3CCC[C@@H]3CO)cc12. The zero-order chi connectivity index (χ0) is 13.4. The van der Waals surface area contributed by atoms with Gasteiger partial charge < -0.3 is 14.5 Å². The first kappa shape index (κ1) is 12.1. The number of aliphatic hydroxyl groups is 1. The Labute approximate surface area is 110 Å². The number of aromatic nitrogens is 2. The molecule has 1 fully saturated rings. The number of aryl methyl sites for hydroxylation is 1. The Morgan fingerprint density at radius 2 is 2.47 bits per heavy atom. The number of pyridine rings is 1. The number of likely N-dealkylation sites (tertiary alicyclic amines) is 1. The van der Waals surface area contributed by atoms with Crippen molar-refractivity contribution in [3.05, 3.63) is 23.5 Å². The largest absolute Gasteiger partial charge is 0.394 e. The summed E-state index contributed by atoms with van der Waals surface area (Å²) in [5.41, 5.74) is 1.67. The first-order valence-corrected chi connectivity index (χ1v) is 6.34. The van der Waals surface area contributed by atoms with E-state index in [1.54, 1.807) is 11.0 Å². The Bertz CT molecular complexity index is 623. The van der Waals surface area contributed by atoms with Crippen LogP contribution in [-0.2, 0) is 0 Å². The monoisotopic (exact) mass is 261 g/mol. The molecule has 3 rings (SSSR count). The minimum Gasteiger partial charge on any atom is -0.394 e. The molecule has 2 aromatic heterocycles. The van der Waals surface area contributed by atoms with Crippen molar-refractivity contribution in [1.82, 2.24) is 15.0 Å². The van der Waals surface area contributed by atoms with Crippen molar-refractivity contribution in [2.75, 3.05) is 13.2 Å². The van der Waals surface area contributed by atoms with E-state index in [9.17, 15) is 9.90 Å². The Balaban J connectivity index is 1.94. The molecule has 19 heavy (non-hydrogen) atoms. The van der Waals surface area contributed by atoms with Gasteiger partial charge in [0.1, 0.15) is 0 Å². The summed E-state index contributed by atoms with van der Waals surface area (Å²) < 4.78 is 5.03. The molecule has 6 heteroatoms. The van der Waals surface area contributed by atoms with E-state index in [1.165, 1.54) is 6.20 Å². The molecule has 1 aliphatic heterocycles. The molecule has 0 spiro atoms. The highest BCUT2D eigenvalue weighted by Gasteiger charge is 2.29. The van der Waals surface area contributed by atoms with Crippen LogP contribution in [0.5, 0.6) is 0 Å². The van der Waals surface area contributed by atoms with Crippen LogP contribution in [0.2, 0.25) is 0 Å². The fourth-order valence-electron chi connectivity index (χ4n) is 2.52. The van der Waals surface area contributed by atoms with E-state index in [0.717, 1.165) is 23.9 Å².